The first kappa shape index (κ1) is 45.1. The molecule has 17 nitrogen and oxygen atoms in total. The van der Waals surface area contributed by atoms with Crippen molar-refractivity contribution in [3.05, 3.63) is 83.4 Å². The van der Waals surface area contributed by atoms with E-state index in [2.05, 4.69) is 10.5 Å². The zero-order chi connectivity index (χ0) is 43.3. The molecule has 21 heteroatoms. The van der Waals surface area contributed by atoms with Crippen LogP contribution in [0, 0.1) is 11.6 Å². The van der Waals surface area contributed by atoms with E-state index in [1.807, 2.05) is 0 Å². The lowest BCUT2D eigenvalue weighted by atomic mass is 10.1. The minimum atomic E-state index is -0.657. The zero-order valence-corrected chi connectivity index (χ0v) is 34.1. The number of nitrogens with zero attached hydrogens (tertiary/aromatic N) is 5. The molecule has 2 saturated heterocycles. The van der Waals surface area contributed by atoms with Crippen molar-refractivity contribution in [3.8, 4) is 0 Å². The van der Waals surface area contributed by atoms with Gasteiger partial charge in [0.15, 0.2) is 10.1 Å². The van der Waals surface area contributed by atoms with Crippen LogP contribution >= 0.6 is 24.4 Å². The zero-order valence-electron chi connectivity index (χ0n) is 32.5. The molecule has 0 unspecified atom stereocenters. The summed E-state index contributed by atoms with van der Waals surface area (Å²) in [6, 6.07) is 15.3. The number of thiocarbonyl (C=S) groups is 2. The highest BCUT2D eigenvalue weighted by molar-refractivity contribution is 7.80. The van der Waals surface area contributed by atoms with Gasteiger partial charge in [0.2, 0.25) is 0 Å². The first-order valence-corrected chi connectivity index (χ1v) is 19.3. The van der Waals surface area contributed by atoms with E-state index in [4.69, 9.17) is 58.5 Å². The number of aliphatic hydroxyl groups excluding tert-OH is 1. The standard InChI is InChI=1S/C16H18FN3O4S.C15H19FN2O4S.C8H5NO3/c1-22-15(25)5-3-12-9-20(16(21)24-12)11-2-4-14(13(17)8-11)19-6-7-23-18-10-19;1-21-14(23)5-3-11-9-18(15(20)22-11)10-2-4-13(12(16)8-10)17-6-7-19;10-7-5-3-1-2-4-6(5)8(11)9(7)12/h2,4,8,10,12H,3,5-7,9H2,1H3;2,4,8,11,17,19H,3,5-7,9H2,1H3;1-4,12H/t12-;11-;/m00./s1. The van der Waals surface area contributed by atoms with E-state index < -0.39 is 35.6 Å². The molecule has 60 heavy (non-hydrogen) atoms. The molecule has 4 aliphatic heterocycles. The molecule has 0 radical (unpaired) electrons. The van der Waals surface area contributed by atoms with Gasteiger partial charge in [-0.3, -0.25) is 24.6 Å². The van der Waals surface area contributed by atoms with E-state index in [1.165, 1.54) is 60.7 Å². The molecule has 4 amide bonds. The Hall–Kier alpha value is -6.03. The van der Waals surface area contributed by atoms with Crippen LogP contribution in [-0.4, -0.2) is 122 Å². The fourth-order valence-electron chi connectivity index (χ4n) is 6.13. The molecule has 2 fully saturated rings. The molecule has 3 aromatic rings. The van der Waals surface area contributed by atoms with Crippen molar-refractivity contribution >= 4 is 87.6 Å². The van der Waals surface area contributed by atoms with Crippen molar-refractivity contribution in [1.29, 1.82) is 0 Å². The summed E-state index contributed by atoms with van der Waals surface area (Å²) in [6.07, 6.45) is 2.02. The van der Waals surface area contributed by atoms with Crippen LogP contribution in [0.3, 0.4) is 0 Å². The summed E-state index contributed by atoms with van der Waals surface area (Å²) in [7, 11) is 3.02. The van der Waals surface area contributed by atoms with Gasteiger partial charge < -0.3 is 39.1 Å². The highest BCUT2D eigenvalue weighted by Crippen LogP contribution is 2.30. The Morgan fingerprint density at radius 2 is 1.37 bits per heavy atom. The van der Waals surface area contributed by atoms with E-state index in [0.717, 1.165) is 0 Å². The van der Waals surface area contributed by atoms with Crippen molar-refractivity contribution in [2.45, 2.75) is 37.9 Å². The largest absolute Gasteiger partial charge is 0.490 e. The molecule has 320 valence electrons. The molecule has 0 bridgehead atoms. The Kier molecular flexibility index (Phi) is 16.0. The van der Waals surface area contributed by atoms with Crippen LogP contribution in [0.15, 0.2) is 65.8 Å². The van der Waals surface area contributed by atoms with Crippen LogP contribution in [0.25, 0.3) is 0 Å². The molecule has 0 saturated carbocycles. The average Bonchev–Trinajstić information content (AvgIpc) is 3.90. The Morgan fingerprint density at radius 3 is 1.83 bits per heavy atom. The number of halogens is 2. The molecule has 0 aliphatic carbocycles. The molecule has 0 spiro atoms. The summed E-state index contributed by atoms with van der Waals surface area (Å²) in [5.74, 6) is -2.25. The highest BCUT2D eigenvalue weighted by atomic mass is 32.1. The van der Waals surface area contributed by atoms with Crippen LogP contribution < -0.4 is 20.0 Å². The third-order valence-electron chi connectivity index (χ3n) is 9.25. The first-order chi connectivity index (χ1) is 28.8. The lowest BCUT2D eigenvalue weighted by molar-refractivity contribution is -0.0327. The number of amides is 4. The summed E-state index contributed by atoms with van der Waals surface area (Å²) in [5.41, 5.74) is 2.05. The number of rotatable bonds is 12. The fourth-order valence-corrected chi connectivity index (χ4v) is 6.36. The second-order valence-corrected chi connectivity index (χ2v) is 14.0. The molecule has 7 rings (SSSR count). The monoisotopic (exact) mass is 872 g/mol. The third-order valence-corrected chi connectivity index (χ3v) is 9.99. The van der Waals surface area contributed by atoms with Gasteiger partial charge in [-0.05, 0) is 85.8 Å². The average molecular weight is 873 g/mol. The van der Waals surface area contributed by atoms with Crippen molar-refractivity contribution in [3.63, 3.8) is 0 Å². The van der Waals surface area contributed by atoms with Crippen LogP contribution in [0.1, 0.15) is 46.4 Å². The summed E-state index contributed by atoms with van der Waals surface area (Å²) in [5, 5.41) is 25.1. The Morgan fingerprint density at radius 1 is 0.833 bits per heavy atom. The van der Waals surface area contributed by atoms with E-state index in [9.17, 15) is 28.0 Å². The number of aliphatic hydroxyl groups is 1. The number of fused-ring (bicyclic) bond motifs is 1. The van der Waals surface area contributed by atoms with Gasteiger partial charge in [-0.1, -0.05) is 17.3 Å². The van der Waals surface area contributed by atoms with E-state index in [1.54, 1.807) is 35.2 Å². The number of benzene rings is 3. The molecule has 3 aromatic carbocycles. The predicted molar refractivity (Wildman–Crippen MR) is 222 cm³/mol. The van der Waals surface area contributed by atoms with Gasteiger partial charge in [-0.25, -0.2) is 18.4 Å². The van der Waals surface area contributed by atoms with Gasteiger partial charge in [0.05, 0.1) is 74.3 Å². The van der Waals surface area contributed by atoms with Crippen molar-refractivity contribution in [2.75, 3.05) is 73.6 Å². The molecule has 4 aliphatic rings. The van der Waals surface area contributed by atoms with Gasteiger partial charge in [-0.15, -0.1) is 5.06 Å². The topological polar surface area (TPSA) is 192 Å². The molecule has 0 aromatic heterocycles. The number of cyclic esters (lactones) is 2. The molecule has 4 heterocycles. The van der Waals surface area contributed by atoms with Gasteiger partial charge in [0, 0.05) is 19.4 Å². The lowest BCUT2D eigenvalue weighted by Gasteiger charge is -2.23. The maximum Gasteiger partial charge on any atom is 0.414 e. The number of oxime groups is 1. The number of carbonyl (C=O) groups excluding carboxylic acids is 4. The van der Waals surface area contributed by atoms with E-state index >= 15 is 0 Å². The maximum absolute atomic E-state index is 14.5. The van der Waals surface area contributed by atoms with Crippen LogP contribution in [0.2, 0.25) is 0 Å². The van der Waals surface area contributed by atoms with E-state index in [-0.39, 0.29) is 47.2 Å². The normalized spacial score (nSPS) is 17.8. The van der Waals surface area contributed by atoms with Crippen LogP contribution in [-0.2, 0) is 23.8 Å². The quantitative estimate of drug-likeness (QED) is 0.115. The third kappa shape index (κ3) is 11.4. The van der Waals surface area contributed by atoms with Gasteiger partial charge in [-0.2, -0.15) is 0 Å². The number of ether oxygens (including phenoxy) is 4. The molecule has 2 atom stereocenters. The van der Waals surface area contributed by atoms with Gasteiger partial charge >= 0.3 is 12.2 Å². The molecular weight excluding hydrogens is 831 g/mol. The van der Waals surface area contributed by atoms with Gasteiger partial charge in [0.1, 0.15) is 36.8 Å². The summed E-state index contributed by atoms with van der Waals surface area (Å²) >= 11 is 9.94. The lowest BCUT2D eigenvalue weighted by Crippen LogP contribution is -2.30. The summed E-state index contributed by atoms with van der Waals surface area (Å²) in [6.45, 7) is 1.75. The number of carbonyl (C=O) groups is 4. The minimum absolute atomic E-state index is 0.0926. The second kappa shape index (κ2) is 21.3. The Balaban J connectivity index is 0.000000180. The minimum Gasteiger partial charge on any atom is -0.490 e. The number of methoxy groups -OCH3 is 2. The predicted octanol–water partition coefficient (Wildman–Crippen LogP) is 5.67. The van der Waals surface area contributed by atoms with Gasteiger partial charge in [0.25, 0.3) is 11.8 Å². The van der Waals surface area contributed by atoms with Crippen LogP contribution in [0.5, 0.6) is 0 Å². The summed E-state index contributed by atoms with van der Waals surface area (Å²) in [4.78, 5) is 55.4. The highest BCUT2D eigenvalue weighted by Gasteiger charge is 2.35. The number of hydrogen-bond acceptors (Lipinski definition) is 16. The maximum atomic E-state index is 14.5. The number of nitrogens with one attached hydrogen (secondary N) is 1. The second-order valence-electron chi connectivity index (χ2n) is 13.1. The van der Waals surface area contributed by atoms with Crippen molar-refractivity contribution in [2.24, 2.45) is 5.16 Å². The summed E-state index contributed by atoms with van der Waals surface area (Å²) < 4.78 is 48.9. The van der Waals surface area contributed by atoms with Crippen molar-refractivity contribution in [1.82, 2.24) is 5.06 Å². The number of anilines is 4. The first-order valence-electron chi connectivity index (χ1n) is 18.5. The van der Waals surface area contributed by atoms with Crippen LogP contribution in [0.4, 0.5) is 41.1 Å². The smallest absolute Gasteiger partial charge is 0.414 e. The fraction of sp³-hybridized carbons (Fsp3) is 0.359. The Labute approximate surface area is 353 Å². The SMILES string of the molecule is COC(=S)CC[C@H]1CN(c2ccc(N3C=NOCC3)c(F)c2)C(=O)O1.COC(=S)CC[C@H]1CN(c2ccc(NCCO)c(F)c2)C(=O)O1.O=C1c2ccccc2C(=O)N1O. The number of hydroxylamine groups is 2. The molecule has 3 N–H and O–H groups in total. The molecular formula is C39H42F2N6O11S2. The number of hydrogen-bond donors (Lipinski definition) is 3. The van der Waals surface area contributed by atoms with Crippen molar-refractivity contribution < 1.29 is 62.1 Å². The Bertz CT molecular complexity index is 2080. The number of imide groups is 1. The van der Waals surface area contributed by atoms with E-state index in [0.29, 0.717) is 79.1 Å².